The molecule has 0 aliphatic carbocycles. The normalized spacial score (nSPS) is 24.5. The van der Waals surface area contributed by atoms with Crippen LogP contribution >= 0.6 is 0 Å². The third kappa shape index (κ3) is 4.92. The first kappa shape index (κ1) is 14.9. The second-order valence-electron chi connectivity index (χ2n) is 5.60. The molecule has 17 heavy (non-hydrogen) atoms. The van der Waals surface area contributed by atoms with Crippen molar-refractivity contribution >= 4 is 0 Å². The highest BCUT2D eigenvalue weighted by molar-refractivity contribution is 4.82. The number of nitrogens with one attached hydrogen (secondary N) is 1. The van der Waals surface area contributed by atoms with Gasteiger partial charge in [-0.25, -0.2) is 0 Å². The van der Waals surface area contributed by atoms with Crippen molar-refractivity contribution in [1.82, 2.24) is 10.2 Å². The molecule has 4 nitrogen and oxygen atoms in total. The highest BCUT2D eigenvalue weighted by atomic mass is 16.3. The van der Waals surface area contributed by atoms with Gasteiger partial charge in [0.05, 0.1) is 12.2 Å². The van der Waals surface area contributed by atoms with Crippen molar-refractivity contribution in [2.45, 2.75) is 45.3 Å². The number of likely N-dealkylation sites (tertiary alicyclic amines) is 1. The van der Waals surface area contributed by atoms with Crippen LogP contribution in [-0.4, -0.2) is 59.5 Å². The van der Waals surface area contributed by atoms with Gasteiger partial charge in [0.2, 0.25) is 0 Å². The number of aliphatic hydroxyl groups is 2. The van der Waals surface area contributed by atoms with Crippen molar-refractivity contribution in [3.63, 3.8) is 0 Å². The van der Waals surface area contributed by atoms with Gasteiger partial charge >= 0.3 is 0 Å². The lowest BCUT2D eigenvalue weighted by atomic mass is 9.90. The fourth-order valence-electron chi connectivity index (χ4n) is 2.37. The average Bonchev–Trinajstić information content (AvgIpc) is 2.36. The highest BCUT2D eigenvalue weighted by Gasteiger charge is 2.25. The second-order valence-corrected chi connectivity index (χ2v) is 5.60. The van der Waals surface area contributed by atoms with Crippen molar-refractivity contribution < 1.29 is 10.2 Å². The molecular weight excluding hydrogens is 216 g/mol. The van der Waals surface area contributed by atoms with Crippen molar-refractivity contribution in [2.75, 3.05) is 32.8 Å². The number of aliphatic hydroxyl groups excluding tert-OH is 1. The maximum Gasteiger partial charge on any atom is 0.0972 e. The first-order valence-electron chi connectivity index (χ1n) is 6.77. The second kappa shape index (κ2) is 6.69. The zero-order valence-corrected chi connectivity index (χ0v) is 11.4. The molecule has 0 aromatic rings. The minimum absolute atomic E-state index is 0.193. The van der Waals surface area contributed by atoms with E-state index in [0.29, 0.717) is 18.5 Å². The first-order valence-corrected chi connectivity index (χ1v) is 6.77. The average molecular weight is 244 g/mol. The van der Waals surface area contributed by atoms with Crippen LogP contribution in [0.5, 0.6) is 0 Å². The van der Waals surface area contributed by atoms with Gasteiger partial charge in [0.1, 0.15) is 0 Å². The lowest BCUT2D eigenvalue weighted by molar-refractivity contribution is -0.00117. The Balaban J connectivity index is 2.27. The van der Waals surface area contributed by atoms with Crippen molar-refractivity contribution in [3.8, 4) is 0 Å². The summed E-state index contributed by atoms with van der Waals surface area (Å²) in [6.07, 6.45) is 2.45. The molecule has 0 aromatic heterocycles. The fraction of sp³-hybridized carbons (Fsp3) is 1.00. The van der Waals surface area contributed by atoms with Crippen molar-refractivity contribution in [3.05, 3.63) is 0 Å². The van der Waals surface area contributed by atoms with Gasteiger partial charge in [-0.2, -0.15) is 0 Å². The van der Waals surface area contributed by atoms with Crippen LogP contribution in [0.2, 0.25) is 0 Å². The maximum absolute atomic E-state index is 9.73. The summed E-state index contributed by atoms with van der Waals surface area (Å²) in [6.45, 7) is 9.83. The molecule has 3 N–H and O–H groups in total. The quantitative estimate of drug-likeness (QED) is 0.634. The Morgan fingerprint density at radius 1 is 1.41 bits per heavy atom. The van der Waals surface area contributed by atoms with Crippen LogP contribution in [0.4, 0.5) is 0 Å². The number of rotatable bonds is 6. The highest BCUT2D eigenvalue weighted by Crippen LogP contribution is 2.20. The lowest BCUT2D eigenvalue weighted by Crippen LogP contribution is -2.48. The molecule has 4 heteroatoms. The standard InChI is InChI=1S/C13H28N2O2/c1-4-15-7-5-12(6-8-15)11(2)14-9-13(3,17)10-16/h11-12,14,16-17H,4-10H2,1-3H3. The summed E-state index contributed by atoms with van der Waals surface area (Å²) < 4.78 is 0. The van der Waals surface area contributed by atoms with E-state index in [1.54, 1.807) is 6.92 Å². The molecule has 1 aliphatic rings. The van der Waals surface area contributed by atoms with Gasteiger partial charge < -0.3 is 20.4 Å². The molecule has 1 aliphatic heterocycles. The summed E-state index contributed by atoms with van der Waals surface area (Å²) in [5.74, 6) is 0.687. The van der Waals surface area contributed by atoms with E-state index < -0.39 is 5.60 Å². The van der Waals surface area contributed by atoms with Crippen LogP contribution in [0.25, 0.3) is 0 Å². The SMILES string of the molecule is CCN1CCC(C(C)NCC(C)(O)CO)CC1. The molecule has 1 rings (SSSR count). The molecule has 2 unspecified atom stereocenters. The summed E-state index contributed by atoms with van der Waals surface area (Å²) in [7, 11) is 0. The Bertz CT molecular complexity index is 213. The third-order valence-electron chi connectivity index (χ3n) is 3.93. The summed E-state index contributed by atoms with van der Waals surface area (Å²) in [5.41, 5.74) is -1.00. The smallest absolute Gasteiger partial charge is 0.0972 e. The summed E-state index contributed by atoms with van der Waals surface area (Å²) in [4.78, 5) is 2.48. The Hall–Kier alpha value is -0.160. The zero-order chi connectivity index (χ0) is 12.9. The zero-order valence-electron chi connectivity index (χ0n) is 11.4. The van der Waals surface area contributed by atoms with Crippen LogP contribution < -0.4 is 5.32 Å². The van der Waals surface area contributed by atoms with E-state index >= 15 is 0 Å². The fourth-order valence-corrected chi connectivity index (χ4v) is 2.37. The van der Waals surface area contributed by atoms with Crippen LogP contribution in [-0.2, 0) is 0 Å². The van der Waals surface area contributed by atoms with Crippen molar-refractivity contribution in [2.24, 2.45) is 5.92 Å². The molecule has 1 heterocycles. The van der Waals surface area contributed by atoms with E-state index in [-0.39, 0.29) is 6.61 Å². The number of hydrogen-bond donors (Lipinski definition) is 3. The molecule has 0 aromatic carbocycles. The van der Waals surface area contributed by atoms with Crippen LogP contribution in [0.15, 0.2) is 0 Å². The molecule has 0 radical (unpaired) electrons. The van der Waals surface area contributed by atoms with Crippen LogP contribution in [0, 0.1) is 5.92 Å². The van der Waals surface area contributed by atoms with Gasteiger partial charge in [-0.3, -0.25) is 0 Å². The van der Waals surface area contributed by atoms with E-state index in [0.717, 1.165) is 6.54 Å². The van der Waals surface area contributed by atoms with Gasteiger partial charge in [-0.05, 0) is 52.2 Å². The molecule has 0 amide bonds. The van der Waals surface area contributed by atoms with Gasteiger partial charge in [0.15, 0.2) is 0 Å². The number of hydrogen-bond acceptors (Lipinski definition) is 4. The molecule has 1 fully saturated rings. The summed E-state index contributed by atoms with van der Waals surface area (Å²) in [6, 6.07) is 0.409. The van der Waals surface area contributed by atoms with Crippen LogP contribution in [0.3, 0.4) is 0 Å². The van der Waals surface area contributed by atoms with Crippen LogP contribution in [0.1, 0.15) is 33.6 Å². The molecule has 0 bridgehead atoms. The monoisotopic (exact) mass is 244 g/mol. The van der Waals surface area contributed by atoms with Gasteiger partial charge in [-0.1, -0.05) is 6.92 Å². The number of nitrogens with zero attached hydrogens (tertiary/aromatic N) is 1. The molecule has 1 saturated heterocycles. The largest absolute Gasteiger partial charge is 0.393 e. The predicted octanol–water partition coefficient (Wildman–Crippen LogP) is 0.440. The third-order valence-corrected chi connectivity index (χ3v) is 3.93. The molecule has 0 saturated carbocycles. The minimum Gasteiger partial charge on any atom is -0.393 e. The van der Waals surface area contributed by atoms with Crippen molar-refractivity contribution in [1.29, 1.82) is 0 Å². The maximum atomic E-state index is 9.73. The van der Waals surface area contributed by atoms with E-state index in [1.807, 2.05) is 0 Å². The lowest BCUT2D eigenvalue weighted by Gasteiger charge is -2.35. The number of piperidine rings is 1. The predicted molar refractivity (Wildman–Crippen MR) is 70.0 cm³/mol. The van der Waals surface area contributed by atoms with Gasteiger partial charge in [-0.15, -0.1) is 0 Å². The molecule has 102 valence electrons. The Morgan fingerprint density at radius 3 is 2.47 bits per heavy atom. The first-order chi connectivity index (χ1) is 7.98. The minimum atomic E-state index is -1.00. The molecule has 0 spiro atoms. The van der Waals surface area contributed by atoms with E-state index in [4.69, 9.17) is 5.11 Å². The van der Waals surface area contributed by atoms with Gasteiger partial charge in [0, 0.05) is 12.6 Å². The van der Waals surface area contributed by atoms with E-state index in [9.17, 15) is 5.11 Å². The summed E-state index contributed by atoms with van der Waals surface area (Å²) in [5, 5.41) is 22.1. The topological polar surface area (TPSA) is 55.7 Å². The Kier molecular flexibility index (Phi) is 5.86. The van der Waals surface area contributed by atoms with E-state index in [2.05, 4.69) is 24.1 Å². The molecular formula is C13H28N2O2. The van der Waals surface area contributed by atoms with Gasteiger partial charge in [0.25, 0.3) is 0 Å². The Morgan fingerprint density at radius 2 is 2.00 bits per heavy atom. The molecule has 2 atom stereocenters. The van der Waals surface area contributed by atoms with E-state index in [1.165, 1.54) is 25.9 Å². The Labute approximate surface area is 105 Å². The summed E-state index contributed by atoms with van der Waals surface area (Å²) >= 11 is 0.